The van der Waals surface area contributed by atoms with Crippen LogP contribution in [-0.4, -0.2) is 21.6 Å². The van der Waals surface area contributed by atoms with E-state index in [1.165, 1.54) is 0 Å². The van der Waals surface area contributed by atoms with Gasteiger partial charge >= 0.3 is 0 Å². The third-order valence-electron chi connectivity index (χ3n) is 4.87. The molecule has 0 fully saturated rings. The molecular formula is C21H21Cl2NO2S. The maximum atomic E-state index is 12.8. The summed E-state index contributed by atoms with van der Waals surface area (Å²) in [5.41, 5.74) is 1.83. The van der Waals surface area contributed by atoms with Gasteiger partial charge in [-0.15, -0.1) is 11.8 Å². The van der Waals surface area contributed by atoms with E-state index in [0.29, 0.717) is 28.5 Å². The minimum atomic E-state index is -0.107. The predicted octanol–water partition coefficient (Wildman–Crippen LogP) is 6.37. The molecule has 1 aromatic heterocycles. The van der Waals surface area contributed by atoms with Gasteiger partial charge < -0.3 is 5.11 Å². The summed E-state index contributed by atoms with van der Waals surface area (Å²) in [6, 6.07) is 9.12. The number of hydrogen-bond donors (Lipinski definition) is 1. The first-order chi connectivity index (χ1) is 12.9. The number of ketones is 1. The lowest BCUT2D eigenvalue weighted by molar-refractivity contribution is -0.115. The lowest BCUT2D eigenvalue weighted by atomic mass is 9.79. The number of hydrogen-bond acceptors (Lipinski definition) is 4. The Morgan fingerprint density at radius 2 is 1.93 bits per heavy atom. The van der Waals surface area contributed by atoms with Gasteiger partial charge in [0.05, 0.1) is 20.6 Å². The Bertz CT molecular complexity index is 860. The number of carbonyl (C=O) groups excluding carboxylic acids is 1. The zero-order valence-electron chi connectivity index (χ0n) is 15.2. The molecule has 3 rings (SSSR count). The Labute approximate surface area is 173 Å². The van der Waals surface area contributed by atoms with E-state index < -0.39 is 0 Å². The van der Waals surface area contributed by atoms with Crippen LogP contribution in [0, 0.1) is 18.8 Å². The molecule has 0 aliphatic heterocycles. The van der Waals surface area contributed by atoms with Crippen LogP contribution in [0.2, 0.25) is 10.0 Å². The van der Waals surface area contributed by atoms with Gasteiger partial charge in [0.25, 0.3) is 0 Å². The number of halogens is 2. The number of thioether (sulfide) groups is 1. The van der Waals surface area contributed by atoms with Gasteiger partial charge in [0.2, 0.25) is 0 Å². The fourth-order valence-electron chi connectivity index (χ4n) is 3.24. The predicted molar refractivity (Wildman–Crippen MR) is 113 cm³/mol. The van der Waals surface area contributed by atoms with Gasteiger partial charge in [-0.1, -0.05) is 42.3 Å². The molecule has 2 atom stereocenters. The summed E-state index contributed by atoms with van der Waals surface area (Å²) in [5.74, 6) is 1.15. The molecule has 0 spiro atoms. The van der Waals surface area contributed by atoms with Gasteiger partial charge in [-0.25, -0.2) is 4.98 Å². The highest BCUT2D eigenvalue weighted by molar-refractivity contribution is 7.99. The molecule has 2 aromatic rings. The van der Waals surface area contributed by atoms with Crippen LogP contribution in [0.25, 0.3) is 5.57 Å². The minimum Gasteiger partial charge on any atom is -0.512 e. The summed E-state index contributed by atoms with van der Waals surface area (Å²) in [4.78, 5) is 17.2. The van der Waals surface area contributed by atoms with Crippen LogP contribution in [0.15, 0.2) is 47.3 Å². The van der Waals surface area contributed by atoms with Crippen LogP contribution in [-0.2, 0) is 4.79 Å². The molecule has 0 amide bonds. The summed E-state index contributed by atoms with van der Waals surface area (Å²) >= 11 is 14.1. The van der Waals surface area contributed by atoms with Gasteiger partial charge in [0.15, 0.2) is 5.78 Å². The number of allylic oxidation sites excluding steroid dienone is 2. The molecule has 142 valence electrons. The Kier molecular flexibility index (Phi) is 6.51. The second-order valence-corrected chi connectivity index (χ2v) is 8.83. The van der Waals surface area contributed by atoms with E-state index in [1.807, 2.05) is 25.3 Å². The van der Waals surface area contributed by atoms with Gasteiger partial charge in [-0.3, -0.25) is 4.79 Å². The monoisotopic (exact) mass is 421 g/mol. The van der Waals surface area contributed by atoms with Gasteiger partial charge in [-0.2, -0.15) is 0 Å². The number of Topliss-reactive ketones (excluding diaryl/α,β-unsaturated/α-hetero) is 1. The van der Waals surface area contributed by atoms with E-state index >= 15 is 0 Å². The van der Waals surface area contributed by atoms with Crippen LogP contribution in [0.3, 0.4) is 0 Å². The number of carbonyl (C=O) groups is 1. The van der Waals surface area contributed by atoms with Crippen LogP contribution in [0.5, 0.6) is 0 Å². The van der Waals surface area contributed by atoms with Crippen LogP contribution in [0.4, 0.5) is 0 Å². The van der Waals surface area contributed by atoms with Gasteiger partial charge in [0.1, 0.15) is 5.76 Å². The third-order valence-corrected chi connectivity index (χ3v) is 6.73. The molecule has 1 aliphatic rings. The molecule has 1 heterocycles. The number of rotatable bonds is 5. The van der Waals surface area contributed by atoms with Crippen molar-refractivity contribution in [2.75, 3.05) is 5.75 Å². The van der Waals surface area contributed by atoms with E-state index in [4.69, 9.17) is 23.2 Å². The molecule has 0 radical (unpaired) electrons. The number of nitrogens with zero attached hydrogens (tertiary/aromatic N) is 1. The molecule has 1 aliphatic carbocycles. The molecule has 6 heteroatoms. The summed E-state index contributed by atoms with van der Waals surface area (Å²) in [6.07, 6.45) is 2.68. The summed E-state index contributed by atoms with van der Waals surface area (Å²) in [6.45, 7) is 4.12. The van der Waals surface area contributed by atoms with Crippen LogP contribution < -0.4 is 0 Å². The fraction of sp³-hybridized carbons (Fsp3) is 0.333. The molecule has 0 saturated carbocycles. The van der Waals surface area contributed by atoms with E-state index in [-0.39, 0.29) is 29.0 Å². The normalized spacial score (nSPS) is 18.7. The van der Waals surface area contributed by atoms with E-state index in [9.17, 15) is 9.90 Å². The molecule has 1 aromatic carbocycles. The lowest BCUT2D eigenvalue weighted by Crippen LogP contribution is -2.25. The Morgan fingerprint density at radius 3 is 2.52 bits per heavy atom. The molecule has 27 heavy (non-hydrogen) atoms. The van der Waals surface area contributed by atoms with Crippen molar-refractivity contribution in [2.24, 2.45) is 11.8 Å². The van der Waals surface area contributed by atoms with Crippen molar-refractivity contribution in [2.45, 2.75) is 31.7 Å². The zero-order valence-corrected chi connectivity index (χ0v) is 17.5. The second-order valence-electron chi connectivity index (χ2n) is 6.97. The average Bonchev–Trinajstić information content (AvgIpc) is 2.62. The second kappa shape index (κ2) is 8.68. The van der Waals surface area contributed by atoms with Crippen molar-refractivity contribution in [1.29, 1.82) is 0 Å². The van der Waals surface area contributed by atoms with Crippen LogP contribution >= 0.6 is 35.0 Å². The number of aromatic nitrogens is 1. The number of pyridine rings is 1. The standard InChI is InChI=1S/C21H21Cl2NO2S/c1-12-6-7-19(24-10-12)27-11-13(2)14-8-17(25)21(18(26)9-14)20-15(22)4-3-5-16(20)23/h3-7,10,13-14,25H,8-9,11H2,1-2H3. The van der Waals surface area contributed by atoms with Gasteiger partial charge in [-0.05, 0) is 42.5 Å². The first kappa shape index (κ1) is 20.2. The maximum Gasteiger partial charge on any atom is 0.167 e. The molecule has 1 N–H and O–H groups in total. The lowest BCUT2D eigenvalue weighted by Gasteiger charge is -2.28. The summed E-state index contributed by atoms with van der Waals surface area (Å²) in [5, 5.41) is 12.3. The quantitative estimate of drug-likeness (QED) is 0.569. The third kappa shape index (κ3) is 4.68. The highest BCUT2D eigenvalue weighted by Gasteiger charge is 2.33. The van der Waals surface area contributed by atoms with Crippen LogP contribution in [0.1, 0.15) is 30.9 Å². The molecular weight excluding hydrogens is 401 g/mol. The highest BCUT2D eigenvalue weighted by Crippen LogP contribution is 2.41. The molecule has 2 unspecified atom stereocenters. The van der Waals surface area contributed by atoms with E-state index in [0.717, 1.165) is 16.3 Å². The largest absolute Gasteiger partial charge is 0.512 e. The number of aliphatic hydroxyl groups excluding tert-OH is 1. The van der Waals surface area contributed by atoms with Crippen molar-refractivity contribution < 1.29 is 9.90 Å². The first-order valence-electron chi connectivity index (χ1n) is 8.82. The number of aliphatic hydroxyl groups is 1. The summed E-state index contributed by atoms with van der Waals surface area (Å²) < 4.78 is 0. The number of benzene rings is 1. The van der Waals surface area contributed by atoms with E-state index in [1.54, 1.807) is 30.0 Å². The number of aryl methyl sites for hydroxylation is 1. The highest BCUT2D eigenvalue weighted by atomic mass is 35.5. The minimum absolute atomic E-state index is 0.0801. The topological polar surface area (TPSA) is 50.2 Å². The van der Waals surface area contributed by atoms with Crippen molar-refractivity contribution in [1.82, 2.24) is 4.98 Å². The van der Waals surface area contributed by atoms with Crippen molar-refractivity contribution in [3.8, 4) is 0 Å². The van der Waals surface area contributed by atoms with Crippen molar-refractivity contribution in [3.05, 3.63) is 63.5 Å². The molecule has 3 nitrogen and oxygen atoms in total. The van der Waals surface area contributed by atoms with Crippen molar-refractivity contribution in [3.63, 3.8) is 0 Å². The Balaban J connectivity index is 1.73. The van der Waals surface area contributed by atoms with E-state index in [2.05, 4.69) is 11.9 Å². The van der Waals surface area contributed by atoms with Gasteiger partial charge in [0, 0.05) is 30.4 Å². The smallest absolute Gasteiger partial charge is 0.167 e. The fourth-order valence-corrected chi connectivity index (χ4v) is 4.82. The SMILES string of the molecule is Cc1ccc(SCC(C)C2CC(=O)C(c3c(Cl)cccc3Cl)=C(O)C2)nc1. The maximum absolute atomic E-state index is 12.8. The molecule has 0 bridgehead atoms. The average molecular weight is 422 g/mol. The Morgan fingerprint density at radius 1 is 1.22 bits per heavy atom. The first-order valence-corrected chi connectivity index (χ1v) is 10.6. The molecule has 0 saturated heterocycles. The Hall–Kier alpha value is -1.49. The zero-order chi connectivity index (χ0) is 19.6. The van der Waals surface area contributed by atoms with Crippen molar-refractivity contribution >= 4 is 46.3 Å². The summed E-state index contributed by atoms with van der Waals surface area (Å²) in [7, 11) is 0.